The Morgan fingerprint density at radius 1 is 1.32 bits per heavy atom. The number of thioether (sulfide) groups is 1. The van der Waals surface area contributed by atoms with E-state index in [1.807, 2.05) is 7.05 Å². The number of nitrogens with zero attached hydrogens (tertiary/aromatic N) is 3. The van der Waals surface area contributed by atoms with Crippen LogP contribution in [0.5, 0.6) is 0 Å². The van der Waals surface area contributed by atoms with Crippen molar-refractivity contribution in [2.45, 2.75) is 17.9 Å². The average molecular weight is 278 g/mol. The number of aryl methyl sites for hydroxylation is 1. The summed E-state index contributed by atoms with van der Waals surface area (Å²) in [6, 6.07) is 8.30. The molecular weight excluding hydrogens is 260 g/mol. The Bertz CT molecular complexity index is 498. The predicted molar refractivity (Wildman–Crippen MR) is 77.2 cm³/mol. The number of hydrogen-bond acceptors (Lipinski definition) is 5. The predicted octanol–water partition coefficient (Wildman–Crippen LogP) is 1.90. The van der Waals surface area contributed by atoms with E-state index in [2.05, 4.69) is 39.9 Å². The summed E-state index contributed by atoms with van der Waals surface area (Å²) in [5.41, 5.74) is 2.12. The highest BCUT2D eigenvalue weighted by molar-refractivity contribution is 7.99. The number of benzene rings is 1. The second-order valence-corrected chi connectivity index (χ2v) is 5.32. The molecule has 1 heterocycles. The lowest BCUT2D eigenvalue weighted by Gasteiger charge is -2.07. The third kappa shape index (κ3) is 4.25. The average Bonchev–Trinajstić information content (AvgIpc) is 2.84. The molecule has 2 rings (SSSR count). The van der Waals surface area contributed by atoms with Crippen LogP contribution in [0.4, 0.5) is 5.69 Å². The maximum Gasteiger partial charge on any atom is 0.0774 e. The minimum absolute atomic E-state index is 0.255. The zero-order chi connectivity index (χ0) is 13.5. The molecule has 19 heavy (non-hydrogen) atoms. The highest BCUT2D eigenvalue weighted by atomic mass is 32.2. The highest BCUT2D eigenvalue weighted by Gasteiger charge is 2.00. The Balaban J connectivity index is 1.83. The van der Waals surface area contributed by atoms with Crippen LogP contribution in [0.15, 0.2) is 35.4 Å². The molecule has 2 N–H and O–H groups in total. The van der Waals surface area contributed by atoms with Gasteiger partial charge in [-0.25, -0.2) is 0 Å². The second-order valence-electron chi connectivity index (χ2n) is 4.15. The fourth-order valence-electron chi connectivity index (χ4n) is 1.59. The van der Waals surface area contributed by atoms with E-state index in [1.165, 1.54) is 4.90 Å². The highest BCUT2D eigenvalue weighted by Crippen LogP contribution is 2.21. The third-order valence-electron chi connectivity index (χ3n) is 2.71. The number of aliphatic hydroxyl groups is 1. The Kier molecular flexibility index (Phi) is 5.23. The first-order chi connectivity index (χ1) is 9.29. The molecule has 0 amide bonds. The lowest BCUT2D eigenvalue weighted by atomic mass is 10.3. The van der Waals surface area contributed by atoms with Gasteiger partial charge in [0.15, 0.2) is 0 Å². The maximum atomic E-state index is 8.74. The standard InChI is InChI=1S/C13H18N4OS/c1-17-12(10-15-16-17)9-14-11-3-5-13(6-4-11)19-8-2-7-18/h3-6,10,14,18H,2,7-9H2,1H3. The van der Waals surface area contributed by atoms with Crippen LogP contribution in [0.3, 0.4) is 0 Å². The molecule has 1 aromatic heterocycles. The number of anilines is 1. The topological polar surface area (TPSA) is 63.0 Å². The van der Waals surface area contributed by atoms with Crippen molar-refractivity contribution in [3.63, 3.8) is 0 Å². The molecule has 102 valence electrons. The molecule has 0 saturated carbocycles. The summed E-state index contributed by atoms with van der Waals surface area (Å²) < 4.78 is 1.76. The van der Waals surface area contributed by atoms with Gasteiger partial charge in [-0.3, -0.25) is 4.68 Å². The fraction of sp³-hybridized carbons (Fsp3) is 0.385. The Morgan fingerprint density at radius 3 is 2.74 bits per heavy atom. The van der Waals surface area contributed by atoms with Crippen LogP contribution in [-0.2, 0) is 13.6 Å². The van der Waals surface area contributed by atoms with E-state index in [0.29, 0.717) is 6.54 Å². The Morgan fingerprint density at radius 2 is 2.11 bits per heavy atom. The first kappa shape index (κ1) is 13.9. The largest absolute Gasteiger partial charge is 0.396 e. The van der Waals surface area contributed by atoms with E-state index < -0.39 is 0 Å². The maximum absolute atomic E-state index is 8.74. The van der Waals surface area contributed by atoms with Crippen molar-refractivity contribution in [2.24, 2.45) is 7.05 Å². The summed E-state index contributed by atoms with van der Waals surface area (Å²) in [5.74, 6) is 0.948. The van der Waals surface area contributed by atoms with Gasteiger partial charge in [0.2, 0.25) is 0 Å². The normalized spacial score (nSPS) is 10.6. The van der Waals surface area contributed by atoms with Crippen LogP contribution in [0, 0.1) is 0 Å². The summed E-state index contributed by atoms with van der Waals surface area (Å²) in [4.78, 5) is 1.22. The number of nitrogens with one attached hydrogen (secondary N) is 1. The second kappa shape index (κ2) is 7.16. The van der Waals surface area contributed by atoms with Crippen molar-refractivity contribution >= 4 is 17.4 Å². The lowest BCUT2D eigenvalue weighted by Crippen LogP contribution is -2.05. The minimum atomic E-state index is 0.255. The smallest absolute Gasteiger partial charge is 0.0774 e. The van der Waals surface area contributed by atoms with E-state index in [-0.39, 0.29) is 6.61 Å². The van der Waals surface area contributed by atoms with Gasteiger partial charge in [0.25, 0.3) is 0 Å². The van der Waals surface area contributed by atoms with Gasteiger partial charge in [0.05, 0.1) is 18.4 Å². The molecule has 5 nitrogen and oxygen atoms in total. The number of hydrogen-bond donors (Lipinski definition) is 2. The number of aromatic nitrogens is 3. The van der Waals surface area contributed by atoms with Gasteiger partial charge in [0, 0.05) is 30.0 Å². The SMILES string of the molecule is Cn1nncc1CNc1ccc(SCCCO)cc1. The van der Waals surface area contributed by atoms with Gasteiger partial charge in [-0.05, 0) is 30.7 Å². The molecule has 0 saturated heterocycles. The monoisotopic (exact) mass is 278 g/mol. The van der Waals surface area contributed by atoms with Crippen molar-refractivity contribution < 1.29 is 5.11 Å². The molecular formula is C13H18N4OS. The first-order valence-electron chi connectivity index (χ1n) is 6.21. The number of rotatable bonds is 7. The molecule has 2 aromatic rings. The Labute approximate surface area is 117 Å². The minimum Gasteiger partial charge on any atom is -0.396 e. The molecule has 0 fully saturated rings. The van der Waals surface area contributed by atoms with E-state index in [9.17, 15) is 0 Å². The fourth-order valence-corrected chi connectivity index (χ4v) is 2.42. The van der Waals surface area contributed by atoms with Gasteiger partial charge in [-0.1, -0.05) is 5.21 Å². The lowest BCUT2D eigenvalue weighted by molar-refractivity contribution is 0.296. The molecule has 0 bridgehead atoms. The molecule has 0 aliphatic carbocycles. The summed E-state index contributed by atoms with van der Waals surface area (Å²) >= 11 is 1.76. The zero-order valence-electron chi connectivity index (χ0n) is 10.9. The molecule has 6 heteroatoms. The summed E-state index contributed by atoms with van der Waals surface area (Å²) in [6.07, 6.45) is 2.59. The summed E-state index contributed by atoms with van der Waals surface area (Å²) in [6.45, 7) is 0.964. The van der Waals surface area contributed by atoms with Crippen molar-refractivity contribution in [2.75, 3.05) is 17.7 Å². The molecule has 0 aliphatic heterocycles. The van der Waals surface area contributed by atoms with Crippen molar-refractivity contribution in [3.8, 4) is 0 Å². The third-order valence-corrected chi connectivity index (χ3v) is 3.81. The van der Waals surface area contributed by atoms with Crippen molar-refractivity contribution in [3.05, 3.63) is 36.2 Å². The Hall–Kier alpha value is -1.53. The van der Waals surface area contributed by atoms with Crippen molar-refractivity contribution in [1.29, 1.82) is 0 Å². The van der Waals surface area contributed by atoms with Crippen LogP contribution in [0.2, 0.25) is 0 Å². The number of aliphatic hydroxyl groups excluding tert-OH is 1. The van der Waals surface area contributed by atoms with Gasteiger partial charge in [-0.2, -0.15) is 0 Å². The van der Waals surface area contributed by atoms with Gasteiger partial charge in [0.1, 0.15) is 0 Å². The van der Waals surface area contributed by atoms with Gasteiger partial charge < -0.3 is 10.4 Å². The summed E-state index contributed by atoms with van der Waals surface area (Å²) in [5, 5.41) is 19.8. The summed E-state index contributed by atoms with van der Waals surface area (Å²) in [7, 11) is 1.88. The van der Waals surface area contributed by atoms with E-state index in [4.69, 9.17) is 5.11 Å². The van der Waals surface area contributed by atoms with Crippen LogP contribution in [-0.4, -0.2) is 32.5 Å². The quantitative estimate of drug-likeness (QED) is 0.598. The van der Waals surface area contributed by atoms with Gasteiger partial charge in [-0.15, -0.1) is 16.9 Å². The molecule has 0 aliphatic rings. The van der Waals surface area contributed by atoms with Crippen molar-refractivity contribution in [1.82, 2.24) is 15.0 Å². The first-order valence-corrected chi connectivity index (χ1v) is 7.19. The molecule has 0 spiro atoms. The zero-order valence-corrected chi connectivity index (χ0v) is 11.7. The van der Waals surface area contributed by atoms with Crippen LogP contribution in [0.25, 0.3) is 0 Å². The van der Waals surface area contributed by atoms with Crippen LogP contribution >= 0.6 is 11.8 Å². The van der Waals surface area contributed by atoms with Crippen LogP contribution in [0.1, 0.15) is 12.1 Å². The molecule has 1 aromatic carbocycles. The van der Waals surface area contributed by atoms with E-state index in [0.717, 1.165) is 23.6 Å². The van der Waals surface area contributed by atoms with E-state index >= 15 is 0 Å². The molecule has 0 atom stereocenters. The van der Waals surface area contributed by atoms with Gasteiger partial charge >= 0.3 is 0 Å². The molecule has 0 unspecified atom stereocenters. The van der Waals surface area contributed by atoms with Crippen LogP contribution < -0.4 is 5.32 Å². The van der Waals surface area contributed by atoms with E-state index in [1.54, 1.807) is 22.6 Å². The molecule has 0 radical (unpaired) electrons.